The molecule has 2 aromatic rings. The van der Waals surface area contributed by atoms with Gasteiger partial charge in [-0.3, -0.25) is 9.59 Å². The minimum atomic E-state index is -0.0986. The van der Waals surface area contributed by atoms with Crippen molar-refractivity contribution in [2.45, 2.75) is 12.8 Å². The predicted molar refractivity (Wildman–Crippen MR) is 105 cm³/mol. The van der Waals surface area contributed by atoms with Crippen LogP contribution in [0.4, 0.5) is 5.82 Å². The zero-order valence-corrected chi connectivity index (χ0v) is 16.3. The van der Waals surface area contributed by atoms with E-state index in [1.165, 1.54) is 6.26 Å². The maximum absolute atomic E-state index is 12.9. The average Bonchev–Trinajstić information content (AvgIpc) is 3.28. The first-order chi connectivity index (χ1) is 13.6. The fourth-order valence-electron chi connectivity index (χ4n) is 3.87. The van der Waals surface area contributed by atoms with Crippen LogP contribution in [0.25, 0.3) is 0 Å². The third-order valence-corrected chi connectivity index (χ3v) is 5.69. The van der Waals surface area contributed by atoms with Gasteiger partial charge in [0, 0.05) is 45.2 Å². The Balaban J connectivity index is 1.27. The van der Waals surface area contributed by atoms with E-state index >= 15 is 0 Å². The van der Waals surface area contributed by atoms with Crippen LogP contribution in [0, 0.1) is 5.92 Å². The van der Waals surface area contributed by atoms with Gasteiger partial charge in [0.1, 0.15) is 11.0 Å². The molecule has 2 aromatic heterocycles. The van der Waals surface area contributed by atoms with E-state index in [2.05, 4.69) is 9.88 Å². The lowest BCUT2D eigenvalue weighted by Crippen LogP contribution is -2.52. The van der Waals surface area contributed by atoms with Crippen molar-refractivity contribution in [2.75, 3.05) is 44.2 Å². The molecule has 0 spiro atoms. The number of hydrogen-bond donors (Lipinski definition) is 0. The molecule has 0 N–H and O–H groups in total. The van der Waals surface area contributed by atoms with Crippen molar-refractivity contribution < 1.29 is 14.0 Å². The number of amides is 2. The Morgan fingerprint density at radius 1 is 0.964 bits per heavy atom. The smallest absolute Gasteiger partial charge is 0.289 e. The van der Waals surface area contributed by atoms with Crippen LogP contribution < -0.4 is 4.90 Å². The maximum atomic E-state index is 12.9. The lowest BCUT2D eigenvalue weighted by atomic mass is 9.94. The van der Waals surface area contributed by atoms with Crippen LogP contribution in [0.2, 0.25) is 5.15 Å². The highest BCUT2D eigenvalue weighted by molar-refractivity contribution is 6.29. The Morgan fingerprint density at radius 2 is 1.71 bits per heavy atom. The summed E-state index contributed by atoms with van der Waals surface area (Å²) in [6.07, 6.45) is 2.89. The first-order valence-electron chi connectivity index (χ1n) is 9.61. The molecule has 4 rings (SSSR count). The molecule has 0 saturated carbocycles. The van der Waals surface area contributed by atoms with Crippen LogP contribution >= 0.6 is 11.6 Å². The molecule has 0 bridgehead atoms. The minimum Gasteiger partial charge on any atom is -0.459 e. The molecule has 0 atom stereocenters. The number of piperazine rings is 1. The molecule has 2 saturated heterocycles. The van der Waals surface area contributed by atoms with E-state index in [0.29, 0.717) is 49.9 Å². The molecule has 2 fully saturated rings. The summed E-state index contributed by atoms with van der Waals surface area (Å²) in [7, 11) is 0. The Kier molecular flexibility index (Phi) is 5.52. The molecule has 148 valence electrons. The fraction of sp³-hybridized carbons (Fsp3) is 0.450. The molecule has 2 aliphatic heterocycles. The van der Waals surface area contributed by atoms with Crippen molar-refractivity contribution in [2.24, 2.45) is 5.92 Å². The largest absolute Gasteiger partial charge is 0.459 e. The zero-order chi connectivity index (χ0) is 19.5. The van der Waals surface area contributed by atoms with Crippen LogP contribution in [-0.2, 0) is 4.79 Å². The van der Waals surface area contributed by atoms with E-state index < -0.39 is 0 Å². The second-order valence-corrected chi connectivity index (χ2v) is 7.56. The Hall–Kier alpha value is -2.54. The number of pyridine rings is 1. The number of likely N-dealkylation sites (tertiary alicyclic amines) is 1. The Labute approximate surface area is 168 Å². The van der Waals surface area contributed by atoms with Crippen LogP contribution in [0.1, 0.15) is 23.4 Å². The van der Waals surface area contributed by atoms with Gasteiger partial charge in [-0.05, 0) is 37.1 Å². The van der Waals surface area contributed by atoms with Gasteiger partial charge in [-0.15, -0.1) is 0 Å². The van der Waals surface area contributed by atoms with E-state index in [4.69, 9.17) is 16.0 Å². The van der Waals surface area contributed by atoms with Gasteiger partial charge < -0.3 is 19.1 Å². The number of nitrogens with zero attached hydrogens (tertiary/aromatic N) is 4. The average molecular weight is 403 g/mol. The molecular weight excluding hydrogens is 380 g/mol. The van der Waals surface area contributed by atoms with Crippen molar-refractivity contribution in [3.8, 4) is 0 Å². The summed E-state index contributed by atoms with van der Waals surface area (Å²) < 4.78 is 5.19. The second-order valence-electron chi connectivity index (χ2n) is 7.17. The first kappa shape index (κ1) is 18.8. The zero-order valence-electron chi connectivity index (χ0n) is 15.6. The number of carbonyl (C=O) groups excluding carboxylic acids is 2. The van der Waals surface area contributed by atoms with Crippen molar-refractivity contribution in [3.05, 3.63) is 47.5 Å². The molecule has 0 aromatic carbocycles. The number of piperidine rings is 1. The highest BCUT2D eigenvalue weighted by Gasteiger charge is 2.32. The SMILES string of the molecule is O=C(c1ccco1)N1CCC(C(=O)N2CCN(c3cccc(Cl)n3)CC2)CC1. The van der Waals surface area contributed by atoms with Crippen LogP contribution in [-0.4, -0.2) is 65.9 Å². The summed E-state index contributed by atoms with van der Waals surface area (Å²) >= 11 is 5.98. The highest BCUT2D eigenvalue weighted by atomic mass is 35.5. The molecule has 7 nitrogen and oxygen atoms in total. The maximum Gasteiger partial charge on any atom is 0.289 e. The molecular formula is C20H23ClN4O3. The third-order valence-electron chi connectivity index (χ3n) is 5.48. The fourth-order valence-corrected chi connectivity index (χ4v) is 4.03. The molecule has 0 unspecified atom stereocenters. The van der Waals surface area contributed by atoms with E-state index in [0.717, 1.165) is 18.9 Å². The van der Waals surface area contributed by atoms with Gasteiger partial charge in [0.05, 0.1) is 6.26 Å². The number of halogens is 1. The van der Waals surface area contributed by atoms with Crippen molar-refractivity contribution in [1.82, 2.24) is 14.8 Å². The lowest BCUT2D eigenvalue weighted by Gasteiger charge is -2.38. The summed E-state index contributed by atoms with van der Waals surface area (Å²) in [6.45, 7) is 4.02. The molecule has 4 heterocycles. The van der Waals surface area contributed by atoms with Crippen molar-refractivity contribution >= 4 is 29.2 Å². The van der Waals surface area contributed by atoms with Crippen molar-refractivity contribution in [3.63, 3.8) is 0 Å². The summed E-state index contributed by atoms with van der Waals surface area (Å²) in [5, 5.41) is 0.479. The van der Waals surface area contributed by atoms with E-state index in [1.54, 1.807) is 23.1 Å². The van der Waals surface area contributed by atoms with Crippen LogP contribution in [0.15, 0.2) is 41.0 Å². The quantitative estimate of drug-likeness (QED) is 0.738. The molecule has 0 radical (unpaired) electrons. The number of anilines is 1. The summed E-state index contributed by atoms with van der Waals surface area (Å²) in [5.74, 6) is 1.29. The first-order valence-corrected chi connectivity index (χ1v) is 9.98. The van der Waals surface area contributed by atoms with Gasteiger partial charge in [-0.2, -0.15) is 0 Å². The molecule has 8 heteroatoms. The van der Waals surface area contributed by atoms with E-state index in [9.17, 15) is 9.59 Å². The second kappa shape index (κ2) is 8.22. The third kappa shape index (κ3) is 3.99. The van der Waals surface area contributed by atoms with Crippen LogP contribution in [0.5, 0.6) is 0 Å². The number of rotatable bonds is 3. The van der Waals surface area contributed by atoms with Gasteiger partial charge in [0.25, 0.3) is 5.91 Å². The topological polar surface area (TPSA) is 69.9 Å². The summed E-state index contributed by atoms with van der Waals surface area (Å²) in [6, 6.07) is 8.97. The molecule has 2 amide bonds. The number of aromatic nitrogens is 1. The number of furan rings is 1. The molecule has 0 aliphatic carbocycles. The monoisotopic (exact) mass is 402 g/mol. The highest BCUT2D eigenvalue weighted by Crippen LogP contribution is 2.23. The number of hydrogen-bond acceptors (Lipinski definition) is 5. The lowest BCUT2D eigenvalue weighted by molar-refractivity contribution is -0.137. The Bertz CT molecular complexity index is 826. The Morgan fingerprint density at radius 3 is 2.36 bits per heavy atom. The standard InChI is InChI=1S/C20H23ClN4O3/c21-17-4-1-5-18(22-17)23-10-12-25(13-11-23)19(26)15-6-8-24(9-7-15)20(27)16-3-2-14-28-16/h1-5,14-15H,6-13H2. The van der Waals surface area contributed by atoms with E-state index in [-0.39, 0.29) is 17.7 Å². The van der Waals surface area contributed by atoms with Gasteiger partial charge in [0.15, 0.2) is 5.76 Å². The number of carbonyl (C=O) groups is 2. The normalized spacial score (nSPS) is 18.4. The van der Waals surface area contributed by atoms with Gasteiger partial charge in [-0.1, -0.05) is 17.7 Å². The van der Waals surface area contributed by atoms with Gasteiger partial charge >= 0.3 is 0 Å². The van der Waals surface area contributed by atoms with E-state index in [1.807, 2.05) is 17.0 Å². The summed E-state index contributed by atoms with van der Waals surface area (Å²) in [4.78, 5) is 35.5. The minimum absolute atomic E-state index is 0.0171. The predicted octanol–water partition coefficient (Wildman–Crippen LogP) is 2.53. The van der Waals surface area contributed by atoms with Crippen LogP contribution in [0.3, 0.4) is 0 Å². The van der Waals surface area contributed by atoms with Gasteiger partial charge in [0.2, 0.25) is 5.91 Å². The summed E-state index contributed by atoms with van der Waals surface area (Å²) in [5.41, 5.74) is 0. The van der Waals surface area contributed by atoms with Gasteiger partial charge in [-0.25, -0.2) is 4.98 Å². The van der Waals surface area contributed by atoms with Crippen molar-refractivity contribution in [1.29, 1.82) is 0 Å². The molecule has 2 aliphatic rings. The molecule has 28 heavy (non-hydrogen) atoms.